The topological polar surface area (TPSA) is 62.7 Å². The van der Waals surface area contributed by atoms with Gasteiger partial charge in [-0.2, -0.15) is 0 Å². The number of piperidine rings is 1. The van der Waals surface area contributed by atoms with Crippen molar-refractivity contribution >= 4 is 11.8 Å². The number of halogens is 1. The first-order valence-electron chi connectivity index (χ1n) is 9.30. The van der Waals surface area contributed by atoms with Crippen molar-refractivity contribution in [3.63, 3.8) is 0 Å². The number of aliphatic hydroxyl groups is 1. The number of carbonyl (C=O) groups excluding carboxylic acids is 1. The molecular weight excluding hydrogens is 347 g/mol. The van der Waals surface area contributed by atoms with E-state index in [9.17, 15) is 14.3 Å². The highest BCUT2D eigenvalue weighted by atomic mass is 19.1. The van der Waals surface area contributed by atoms with E-state index in [1.54, 1.807) is 30.5 Å². The molecule has 1 aliphatic heterocycles. The van der Waals surface area contributed by atoms with E-state index >= 15 is 0 Å². The molecule has 3 rings (SSSR count). The molecule has 0 radical (unpaired) electrons. The Kier molecular flexibility index (Phi) is 6.06. The van der Waals surface area contributed by atoms with Crippen molar-refractivity contribution in [1.82, 2.24) is 4.98 Å². The molecule has 1 aromatic heterocycles. The van der Waals surface area contributed by atoms with Gasteiger partial charge in [0.25, 0.3) is 0 Å². The van der Waals surface area contributed by atoms with Crippen molar-refractivity contribution < 1.29 is 19.0 Å². The molecule has 1 atom stereocenters. The lowest BCUT2D eigenvalue weighted by Gasteiger charge is -2.35. The molecule has 0 saturated carbocycles. The Bertz CT molecular complexity index is 771. The summed E-state index contributed by atoms with van der Waals surface area (Å²) in [5.41, 5.74) is 1.19. The first kappa shape index (κ1) is 19.3. The predicted octanol–water partition coefficient (Wildman–Crippen LogP) is 3.74. The van der Waals surface area contributed by atoms with Gasteiger partial charge < -0.3 is 14.7 Å². The zero-order chi connectivity index (χ0) is 19.4. The number of rotatable bonds is 5. The number of nitrogens with zero attached hydrogens (tertiary/aromatic N) is 2. The number of aliphatic hydroxyl groups excluding tert-OH is 1. The van der Waals surface area contributed by atoms with Gasteiger partial charge in [-0.05, 0) is 62.4 Å². The minimum Gasteiger partial charge on any atom is -0.459 e. The van der Waals surface area contributed by atoms with Crippen LogP contribution in [0, 0.1) is 11.7 Å². The predicted molar refractivity (Wildman–Crippen MR) is 101 cm³/mol. The number of hydrogen-bond acceptors (Lipinski definition) is 5. The Balaban J connectivity index is 1.67. The molecule has 0 aliphatic carbocycles. The van der Waals surface area contributed by atoms with Crippen molar-refractivity contribution in [2.24, 2.45) is 5.92 Å². The van der Waals surface area contributed by atoms with Crippen molar-refractivity contribution in [2.75, 3.05) is 18.0 Å². The second kappa shape index (κ2) is 8.48. The van der Waals surface area contributed by atoms with Gasteiger partial charge in [0.15, 0.2) is 0 Å². The Morgan fingerprint density at radius 3 is 2.52 bits per heavy atom. The molecule has 1 saturated heterocycles. The fraction of sp³-hybridized carbons (Fsp3) is 0.429. The molecule has 1 aliphatic rings. The largest absolute Gasteiger partial charge is 0.459 e. The molecule has 0 amide bonds. The fourth-order valence-electron chi connectivity index (χ4n) is 3.44. The maximum absolute atomic E-state index is 13.1. The van der Waals surface area contributed by atoms with E-state index in [1.807, 2.05) is 13.8 Å². The smallest absolute Gasteiger partial charge is 0.342 e. The highest BCUT2D eigenvalue weighted by Gasteiger charge is 2.29. The van der Waals surface area contributed by atoms with Gasteiger partial charge in [-0.25, -0.2) is 14.2 Å². The molecule has 1 fully saturated rings. The first-order valence-corrected chi connectivity index (χ1v) is 9.30. The molecule has 5 nitrogen and oxygen atoms in total. The Hall–Kier alpha value is -2.47. The number of benzene rings is 1. The summed E-state index contributed by atoms with van der Waals surface area (Å²) in [6, 6.07) is 9.45. The van der Waals surface area contributed by atoms with Gasteiger partial charge in [-0.1, -0.05) is 12.1 Å². The summed E-state index contributed by atoms with van der Waals surface area (Å²) in [6.07, 6.45) is 2.37. The van der Waals surface area contributed by atoms with Gasteiger partial charge in [0.05, 0.1) is 12.2 Å². The Morgan fingerprint density at radius 1 is 1.22 bits per heavy atom. The molecular formula is C21H25FN2O3. The summed E-state index contributed by atoms with van der Waals surface area (Å²) in [6.45, 7) is 5.00. The standard InChI is InChI=1S/C21H25FN2O3/c1-14(2)27-21(26)18-4-3-11-23-20(18)24-12-9-16(10-13-24)19(25)15-5-7-17(22)8-6-15/h3-8,11,14,16,19,25H,9-10,12-13H2,1-2H3. The number of ether oxygens (including phenoxy) is 1. The average Bonchev–Trinajstić information content (AvgIpc) is 2.67. The summed E-state index contributed by atoms with van der Waals surface area (Å²) in [7, 11) is 0. The normalized spacial score (nSPS) is 16.4. The third-order valence-electron chi connectivity index (χ3n) is 4.85. The van der Waals surface area contributed by atoms with Gasteiger partial charge >= 0.3 is 5.97 Å². The van der Waals surface area contributed by atoms with Crippen LogP contribution in [0.2, 0.25) is 0 Å². The van der Waals surface area contributed by atoms with Crippen molar-refractivity contribution in [2.45, 2.75) is 38.9 Å². The van der Waals surface area contributed by atoms with E-state index in [0.717, 1.165) is 18.4 Å². The molecule has 0 bridgehead atoms. The van der Waals surface area contributed by atoms with E-state index < -0.39 is 6.10 Å². The summed E-state index contributed by atoms with van der Waals surface area (Å²) < 4.78 is 18.4. The maximum Gasteiger partial charge on any atom is 0.342 e. The second-order valence-corrected chi connectivity index (χ2v) is 7.15. The van der Waals surface area contributed by atoms with Crippen molar-refractivity contribution in [1.29, 1.82) is 0 Å². The zero-order valence-corrected chi connectivity index (χ0v) is 15.6. The van der Waals surface area contributed by atoms with Gasteiger partial charge in [0.1, 0.15) is 17.2 Å². The fourth-order valence-corrected chi connectivity index (χ4v) is 3.44. The van der Waals surface area contributed by atoms with Crippen LogP contribution in [-0.2, 0) is 4.74 Å². The lowest BCUT2D eigenvalue weighted by molar-refractivity contribution is 0.0377. The van der Waals surface area contributed by atoms with E-state index in [1.165, 1.54) is 12.1 Å². The van der Waals surface area contributed by atoms with Crippen molar-refractivity contribution in [3.05, 3.63) is 59.5 Å². The van der Waals surface area contributed by atoms with Crippen LogP contribution in [0.1, 0.15) is 48.7 Å². The van der Waals surface area contributed by atoms with E-state index in [0.29, 0.717) is 24.5 Å². The molecule has 1 N–H and O–H groups in total. The van der Waals surface area contributed by atoms with Gasteiger partial charge in [0, 0.05) is 19.3 Å². The third kappa shape index (κ3) is 4.63. The van der Waals surface area contributed by atoms with Crippen molar-refractivity contribution in [3.8, 4) is 0 Å². The Morgan fingerprint density at radius 2 is 1.89 bits per heavy atom. The third-order valence-corrected chi connectivity index (χ3v) is 4.85. The molecule has 6 heteroatoms. The van der Waals surface area contributed by atoms with Crippen LogP contribution < -0.4 is 4.90 Å². The molecule has 2 heterocycles. The lowest BCUT2D eigenvalue weighted by atomic mass is 9.87. The van der Waals surface area contributed by atoms with Crippen LogP contribution in [0.5, 0.6) is 0 Å². The number of carbonyl (C=O) groups is 1. The summed E-state index contributed by atoms with van der Waals surface area (Å²) in [4.78, 5) is 18.8. The molecule has 144 valence electrons. The minimum absolute atomic E-state index is 0.0847. The number of anilines is 1. The molecule has 0 spiro atoms. The van der Waals surface area contributed by atoms with Gasteiger partial charge in [-0.15, -0.1) is 0 Å². The van der Waals surface area contributed by atoms with Crippen LogP contribution in [0.4, 0.5) is 10.2 Å². The number of pyridine rings is 1. The second-order valence-electron chi connectivity index (χ2n) is 7.15. The average molecular weight is 372 g/mol. The van der Waals surface area contributed by atoms with Crippen LogP contribution in [0.3, 0.4) is 0 Å². The molecule has 27 heavy (non-hydrogen) atoms. The zero-order valence-electron chi connectivity index (χ0n) is 15.6. The van der Waals surface area contributed by atoms with Crippen LogP contribution in [0.25, 0.3) is 0 Å². The Labute approximate surface area is 158 Å². The van der Waals surface area contributed by atoms with E-state index in [2.05, 4.69) is 9.88 Å². The minimum atomic E-state index is -0.623. The SMILES string of the molecule is CC(C)OC(=O)c1cccnc1N1CCC(C(O)c2ccc(F)cc2)CC1. The molecule has 1 unspecified atom stereocenters. The first-order chi connectivity index (χ1) is 13.0. The summed E-state index contributed by atoms with van der Waals surface area (Å²) in [5, 5.41) is 10.6. The molecule has 2 aromatic rings. The van der Waals surface area contributed by atoms with E-state index in [4.69, 9.17) is 4.74 Å². The van der Waals surface area contributed by atoms with Crippen LogP contribution in [-0.4, -0.2) is 35.3 Å². The quantitative estimate of drug-likeness (QED) is 0.810. The summed E-state index contributed by atoms with van der Waals surface area (Å²) in [5.74, 6) is 0.0256. The lowest BCUT2D eigenvalue weighted by Crippen LogP contribution is -2.37. The monoisotopic (exact) mass is 372 g/mol. The number of hydrogen-bond donors (Lipinski definition) is 1. The van der Waals surface area contributed by atoms with Crippen LogP contribution >= 0.6 is 0 Å². The van der Waals surface area contributed by atoms with Crippen LogP contribution in [0.15, 0.2) is 42.6 Å². The highest BCUT2D eigenvalue weighted by Crippen LogP contribution is 2.33. The van der Waals surface area contributed by atoms with Gasteiger partial charge in [0.2, 0.25) is 0 Å². The maximum atomic E-state index is 13.1. The molecule has 1 aromatic carbocycles. The number of esters is 1. The summed E-state index contributed by atoms with van der Waals surface area (Å²) >= 11 is 0. The van der Waals surface area contributed by atoms with Gasteiger partial charge in [-0.3, -0.25) is 0 Å². The highest BCUT2D eigenvalue weighted by molar-refractivity contribution is 5.94. The number of aromatic nitrogens is 1. The van der Waals surface area contributed by atoms with E-state index in [-0.39, 0.29) is 23.8 Å².